The van der Waals surface area contributed by atoms with Gasteiger partial charge in [0.15, 0.2) is 0 Å². The molecule has 0 heterocycles. The lowest BCUT2D eigenvalue weighted by atomic mass is 10.1. The minimum absolute atomic E-state index is 0.217. The van der Waals surface area contributed by atoms with Crippen LogP contribution in [0.1, 0.15) is 24.1 Å². The van der Waals surface area contributed by atoms with Crippen LogP contribution in [0.5, 0.6) is 5.75 Å². The monoisotopic (exact) mass is 309 g/mol. The van der Waals surface area contributed by atoms with Gasteiger partial charge in [0.25, 0.3) is 0 Å². The second-order valence-electron chi connectivity index (χ2n) is 4.63. The number of hydrogen-bond acceptors (Lipinski definition) is 2. The van der Waals surface area contributed by atoms with Gasteiger partial charge < -0.3 is 10.1 Å². The molecule has 2 rings (SSSR count). The van der Waals surface area contributed by atoms with Crippen LogP contribution in [0.4, 0.5) is 0 Å². The molecule has 0 saturated heterocycles. The molecule has 20 heavy (non-hydrogen) atoms. The topological polar surface area (TPSA) is 21.3 Å². The van der Waals surface area contributed by atoms with Crippen LogP contribution < -0.4 is 10.1 Å². The maximum absolute atomic E-state index is 6.11. The van der Waals surface area contributed by atoms with Crippen molar-refractivity contribution in [2.24, 2.45) is 0 Å². The van der Waals surface area contributed by atoms with Crippen molar-refractivity contribution in [3.63, 3.8) is 0 Å². The fourth-order valence-corrected chi connectivity index (χ4v) is 2.46. The zero-order valence-electron chi connectivity index (χ0n) is 11.5. The predicted octanol–water partition coefficient (Wildman–Crippen LogP) is 4.85. The Morgan fingerprint density at radius 2 is 1.95 bits per heavy atom. The highest BCUT2D eigenvalue weighted by atomic mass is 35.5. The molecular formula is C16H17Cl2NO. The van der Waals surface area contributed by atoms with Gasteiger partial charge in [0.2, 0.25) is 0 Å². The molecule has 0 fully saturated rings. The Bertz CT molecular complexity index is 586. The van der Waals surface area contributed by atoms with Crippen LogP contribution in [0.3, 0.4) is 0 Å². The number of benzene rings is 2. The Balaban J connectivity index is 1.99. The number of hydrogen-bond donors (Lipinski definition) is 1. The summed E-state index contributed by atoms with van der Waals surface area (Å²) in [4.78, 5) is 0. The van der Waals surface area contributed by atoms with Crippen LogP contribution in [-0.2, 0) is 6.54 Å². The van der Waals surface area contributed by atoms with Crippen molar-refractivity contribution >= 4 is 23.2 Å². The third-order valence-corrected chi connectivity index (χ3v) is 3.71. The van der Waals surface area contributed by atoms with E-state index in [0.717, 1.165) is 22.7 Å². The number of nitrogens with one attached hydrogen (secondary N) is 1. The fraction of sp³-hybridized carbons (Fsp3) is 0.250. The van der Waals surface area contributed by atoms with E-state index in [-0.39, 0.29) is 6.04 Å². The normalized spacial score (nSPS) is 12.2. The molecule has 0 saturated carbocycles. The largest absolute Gasteiger partial charge is 0.495 e. The highest BCUT2D eigenvalue weighted by molar-refractivity contribution is 6.32. The molecule has 1 N–H and O–H groups in total. The molecule has 1 atom stereocenters. The molecule has 1 unspecified atom stereocenters. The first kappa shape index (κ1) is 15.2. The van der Waals surface area contributed by atoms with Crippen LogP contribution in [0, 0.1) is 0 Å². The summed E-state index contributed by atoms with van der Waals surface area (Å²) in [6.07, 6.45) is 0. The van der Waals surface area contributed by atoms with Crippen LogP contribution in [0.2, 0.25) is 10.0 Å². The molecule has 0 aromatic heterocycles. The van der Waals surface area contributed by atoms with E-state index in [2.05, 4.69) is 18.3 Å². The highest BCUT2D eigenvalue weighted by Gasteiger charge is 2.06. The Morgan fingerprint density at radius 1 is 1.15 bits per heavy atom. The minimum atomic E-state index is 0.217. The predicted molar refractivity (Wildman–Crippen MR) is 84.7 cm³/mol. The van der Waals surface area contributed by atoms with Crippen LogP contribution >= 0.6 is 23.2 Å². The summed E-state index contributed by atoms with van der Waals surface area (Å²) >= 11 is 12.1. The van der Waals surface area contributed by atoms with E-state index < -0.39 is 0 Å². The summed E-state index contributed by atoms with van der Waals surface area (Å²) in [6.45, 7) is 2.84. The lowest BCUT2D eigenvalue weighted by molar-refractivity contribution is 0.414. The fourth-order valence-electron chi connectivity index (χ4n) is 1.98. The lowest BCUT2D eigenvalue weighted by Gasteiger charge is -2.15. The first-order valence-electron chi connectivity index (χ1n) is 6.41. The van der Waals surface area contributed by atoms with E-state index >= 15 is 0 Å². The van der Waals surface area contributed by atoms with Crippen molar-refractivity contribution in [1.82, 2.24) is 5.32 Å². The van der Waals surface area contributed by atoms with E-state index in [4.69, 9.17) is 27.9 Å². The summed E-state index contributed by atoms with van der Waals surface area (Å²) < 4.78 is 5.14. The molecule has 106 valence electrons. The van der Waals surface area contributed by atoms with Gasteiger partial charge in [-0.25, -0.2) is 0 Å². The van der Waals surface area contributed by atoms with E-state index in [1.54, 1.807) is 7.11 Å². The molecule has 0 radical (unpaired) electrons. The second-order valence-corrected chi connectivity index (χ2v) is 5.47. The number of methoxy groups -OCH3 is 1. The second kappa shape index (κ2) is 6.98. The maximum Gasteiger partial charge on any atom is 0.137 e. The molecule has 0 bridgehead atoms. The molecule has 0 aliphatic rings. The van der Waals surface area contributed by atoms with Gasteiger partial charge in [-0.3, -0.25) is 0 Å². The van der Waals surface area contributed by atoms with Gasteiger partial charge in [-0.1, -0.05) is 41.4 Å². The van der Waals surface area contributed by atoms with Gasteiger partial charge in [-0.15, -0.1) is 0 Å². The highest BCUT2D eigenvalue weighted by Crippen LogP contribution is 2.25. The van der Waals surface area contributed by atoms with Gasteiger partial charge in [-0.2, -0.15) is 0 Å². The smallest absolute Gasteiger partial charge is 0.137 e. The molecule has 0 amide bonds. The molecule has 4 heteroatoms. The average molecular weight is 310 g/mol. The van der Waals surface area contributed by atoms with Crippen LogP contribution in [0.25, 0.3) is 0 Å². The molecule has 2 aromatic carbocycles. The van der Waals surface area contributed by atoms with Crippen molar-refractivity contribution in [3.05, 3.63) is 63.6 Å². The minimum Gasteiger partial charge on any atom is -0.495 e. The van der Waals surface area contributed by atoms with Gasteiger partial charge in [0, 0.05) is 17.6 Å². The molecule has 2 aromatic rings. The average Bonchev–Trinajstić information content (AvgIpc) is 2.45. The Hall–Kier alpha value is -1.22. The van der Waals surface area contributed by atoms with Gasteiger partial charge in [0.1, 0.15) is 5.75 Å². The third kappa shape index (κ3) is 3.89. The Morgan fingerprint density at radius 3 is 2.60 bits per heavy atom. The van der Waals surface area contributed by atoms with Crippen LogP contribution in [-0.4, -0.2) is 7.11 Å². The Labute approximate surface area is 129 Å². The molecule has 0 spiro atoms. The maximum atomic E-state index is 6.11. The Kier molecular flexibility index (Phi) is 5.30. The van der Waals surface area contributed by atoms with Crippen molar-refractivity contribution < 1.29 is 4.74 Å². The summed E-state index contributed by atoms with van der Waals surface area (Å²) in [5.74, 6) is 0.693. The van der Waals surface area contributed by atoms with E-state index in [9.17, 15) is 0 Å². The number of rotatable bonds is 5. The van der Waals surface area contributed by atoms with Crippen molar-refractivity contribution in [2.45, 2.75) is 19.5 Å². The quantitative estimate of drug-likeness (QED) is 0.852. The summed E-state index contributed by atoms with van der Waals surface area (Å²) in [5.41, 5.74) is 2.28. The summed E-state index contributed by atoms with van der Waals surface area (Å²) in [5, 5.41) is 4.83. The number of halogens is 2. The molecular weight excluding hydrogens is 293 g/mol. The molecule has 0 aliphatic heterocycles. The van der Waals surface area contributed by atoms with Crippen molar-refractivity contribution in [2.75, 3.05) is 7.11 Å². The van der Waals surface area contributed by atoms with Gasteiger partial charge in [0.05, 0.1) is 12.1 Å². The standard InChI is InChI=1S/C16H17Cl2NO/c1-11(13-4-3-5-14(17)9-13)19-10-12-6-7-16(20-2)15(18)8-12/h3-9,11,19H,10H2,1-2H3. The van der Waals surface area contributed by atoms with Crippen molar-refractivity contribution in [1.29, 1.82) is 0 Å². The van der Waals surface area contributed by atoms with Gasteiger partial charge >= 0.3 is 0 Å². The zero-order valence-corrected chi connectivity index (χ0v) is 13.0. The van der Waals surface area contributed by atoms with Gasteiger partial charge in [-0.05, 0) is 42.3 Å². The SMILES string of the molecule is COc1ccc(CNC(C)c2cccc(Cl)c2)cc1Cl. The summed E-state index contributed by atoms with van der Waals surface area (Å²) in [7, 11) is 1.61. The summed E-state index contributed by atoms with van der Waals surface area (Å²) in [6, 6.07) is 13.9. The zero-order chi connectivity index (χ0) is 14.5. The first-order chi connectivity index (χ1) is 9.60. The molecule has 0 aliphatic carbocycles. The van der Waals surface area contributed by atoms with Crippen molar-refractivity contribution in [3.8, 4) is 5.75 Å². The first-order valence-corrected chi connectivity index (χ1v) is 7.17. The van der Waals surface area contributed by atoms with E-state index in [1.807, 2.05) is 36.4 Å². The molecule has 2 nitrogen and oxygen atoms in total. The lowest BCUT2D eigenvalue weighted by Crippen LogP contribution is -2.18. The third-order valence-electron chi connectivity index (χ3n) is 3.18. The number of ether oxygens (including phenoxy) is 1. The van der Waals surface area contributed by atoms with E-state index in [0.29, 0.717) is 10.8 Å². The van der Waals surface area contributed by atoms with E-state index in [1.165, 1.54) is 0 Å². The van der Waals surface area contributed by atoms with Crippen LogP contribution in [0.15, 0.2) is 42.5 Å².